The zero-order chi connectivity index (χ0) is 27.5. The van der Waals surface area contributed by atoms with Crippen LogP contribution in [0.1, 0.15) is 112 Å². The Bertz CT molecular complexity index is 872. The number of allylic oxidation sites excluding steroid dienone is 1. The van der Waals surface area contributed by atoms with Crippen LogP contribution in [0.15, 0.2) is 11.6 Å². The number of nitrogens with one attached hydrogen (secondary N) is 2. The van der Waals surface area contributed by atoms with Crippen LogP contribution in [-0.4, -0.2) is 36.5 Å². The predicted molar refractivity (Wildman–Crippen MR) is 152 cm³/mol. The van der Waals surface area contributed by atoms with Crippen LogP contribution in [0.2, 0.25) is 0 Å². The van der Waals surface area contributed by atoms with E-state index in [4.69, 9.17) is 9.84 Å². The summed E-state index contributed by atoms with van der Waals surface area (Å²) in [6, 6.07) is 0. The van der Waals surface area contributed by atoms with Gasteiger partial charge in [-0.05, 0) is 97.7 Å². The van der Waals surface area contributed by atoms with Gasteiger partial charge in [-0.25, -0.2) is 9.59 Å². The van der Waals surface area contributed by atoms with Gasteiger partial charge in [0.2, 0.25) is 0 Å². The molecule has 0 spiro atoms. The zero-order valence-corrected chi connectivity index (χ0v) is 24.7. The molecule has 3 saturated carbocycles. The molecule has 0 bridgehead atoms. The topological polar surface area (TPSA) is 87.7 Å². The molecule has 0 aromatic carbocycles. The minimum atomic E-state index is -1.04. The lowest BCUT2D eigenvalue weighted by atomic mass is 9.47. The third-order valence-electron chi connectivity index (χ3n) is 11.4. The van der Waals surface area contributed by atoms with E-state index in [0.29, 0.717) is 24.9 Å². The summed E-state index contributed by atoms with van der Waals surface area (Å²) in [6.07, 6.45) is 15.5. The van der Waals surface area contributed by atoms with E-state index in [1.54, 1.807) is 0 Å². The van der Waals surface area contributed by atoms with Gasteiger partial charge in [-0.15, -0.1) is 0 Å². The number of rotatable bonds is 10. The van der Waals surface area contributed by atoms with E-state index in [2.05, 4.69) is 51.3 Å². The standard InChI is InChI=1S/C32H54N2O4/c1-21(2)8-6-9-22(3)26-12-13-27-25-11-10-23-20-24(38-30(37)34-19-7-18-33-29(35)36)14-16-31(23,4)28(25)15-17-32(26,27)5/h10,21-22,24-28,33H,6-9,11-20H2,1-5H3,(H,34,37)(H,35,36)/t22?,24-,25-,26+,27-,28-,31-,32+/m0/s1. The van der Waals surface area contributed by atoms with Gasteiger partial charge in [-0.2, -0.15) is 0 Å². The summed E-state index contributed by atoms with van der Waals surface area (Å²) in [5, 5.41) is 13.7. The van der Waals surface area contributed by atoms with Crippen LogP contribution in [-0.2, 0) is 4.74 Å². The molecule has 4 aliphatic rings. The molecule has 1 unspecified atom stereocenters. The lowest BCUT2D eigenvalue weighted by Crippen LogP contribution is -2.51. The van der Waals surface area contributed by atoms with Crippen LogP contribution in [0.5, 0.6) is 0 Å². The van der Waals surface area contributed by atoms with Crippen LogP contribution < -0.4 is 10.6 Å². The molecule has 4 rings (SSSR count). The summed E-state index contributed by atoms with van der Waals surface area (Å²) in [4.78, 5) is 22.9. The van der Waals surface area contributed by atoms with Gasteiger partial charge < -0.3 is 20.5 Å². The SMILES string of the molecule is CC(C)CCCC(C)[C@H]1CC[C@H]2[C@@H]3CC=C4C[C@@H](OC(=O)NCCCNC(=O)O)CC[C@]4(C)[C@H]3CC[C@]12C. The molecule has 0 aromatic heterocycles. The fourth-order valence-electron chi connectivity index (χ4n) is 9.42. The molecule has 6 nitrogen and oxygen atoms in total. The Morgan fingerprint density at radius 1 is 1.00 bits per heavy atom. The van der Waals surface area contributed by atoms with Crippen molar-refractivity contribution in [2.45, 2.75) is 118 Å². The van der Waals surface area contributed by atoms with E-state index in [1.165, 1.54) is 56.9 Å². The summed E-state index contributed by atoms with van der Waals surface area (Å²) in [5.74, 6) is 5.00. The number of alkyl carbamates (subject to hydrolysis) is 1. The lowest BCUT2D eigenvalue weighted by molar-refractivity contribution is -0.0581. The molecule has 0 saturated heterocycles. The molecule has 2 amide bonds. The maximum atomic E-state index is 12.3. The second kappa shape index (κ2) is 12.2. The van der Waals surface area contributed by atoms with Gasteiger partial charge in [0.15, 0.2) is 0 Å². The van der Waals surface area contributed by atoms with E-state index >= 15 is 0 Å². The number of ether oxygens (including phenoxy) is 1. The number of hydrogen-bond donors (Lipinski definition) is 3. The number of carbonyl (C=O) groups is 2. The first-order valence-electron chi connectivity index (χ1n) is 15.7. The third-order valence-corrected chi connectivity index (χ3v) is 11.4. The molecule has 4 aliphatic carbocycles. The molecule has 3 fully saturated rings. The molecule has 6 heteroatoms. The van der Waals surface area contributed by atoms with Gasteiger partial charge in [0.05, 0.1) is 0 Å². The highest BCUT2D eigenvalue weighted by Gasteiger charge is 2.59. The Morgan fingerprint density at radius 2 is 1.76 bits per heavy atom. The highest BCUT2D eigenvalue weighted by molar-refractivity contribution is 5.67. The van der Waals surface area contributed by atoms with Crippen molar-refractivity contribution in [3.05, 3.63) is 11.6 Å². The fraction of sp³-hybridized carbons (Fsp3) is 0.875. The number of carbonyl (C=O) groups excluding carboxylic acids is 1. The number of amides is 2. The molecule has 0 aromatic rings. The van der Waals surface area contributed by atoms with E-state index in [-0.39, 0.29) is 17.6 Å². The summed E-state index contributed by atoms with van der Waals surface area (Å²) >= 11 is 0. The Balaban J connectivity index is 1.32. The molecule has 38 heavy (non-hydrogen) atoms. The van der Waals surface area contributed by atoms with E-state index in [0.717, 1.165) is 54.8 Å². The molecule has 0 aliphatic heterocycles. The summed E-state index contributed by atoms with van der Waals surface area (Å²) < 4.78 is 5.79. The van der Waals surface area contributed by atoms with Crippen molar-refractivity contribution in [3.63, 3.8) is 0 Å². The van der Waals surface area contributed by atoms with Crippen LogP contribution in [0.4, 0.5) is 9.59 Å². The fourth-order valence-corrected chi connectivity index (χ4v) is 9.42. The van der Waals surface area contributed by atoms with Gasteiger partial charge in [-0.3, -0.25) is 0 Å². The van der Waals surface area contributed by atoms with Crippen molar-refractivity contribution in [1.82, 2.24) is 10.6 Å². The van der Waals surface area contributed by atoms with Crippen molar-refractivity contribution in [3.8, 4) is 0 Å². The highest BCUT2D eigenvalue weighted by Crippen LogP contribution is 2.67. The van der Waals surface area contributed by atoms with Crippen LogP contribution in [0, 0.1) is 46.3 Å². The molecule has 8 atom stereocenters. The third kappa shape index (κ3) is 6.20. The minimum Gasteiger partial charge on any atom is -0.465 e. The van der Waals surface area contributed by atoms with Gasteiger partial charge in [-0.1, -0.05) is 65.5 Å². The van der Waals surface area contributed by atoms with Crippen LogP contribution in [0.25, 0.3) is 0 Å². The smallest absolute Gasteiger partial charge is 0.407 e. The summed E-state index contributed by atoms with van der Waals surface area (Å²) in [7, 11) is 0. The molecule has 0 radical (unpaired) electrons. The van der Waals surface area contributed by atoms with Crippen molar-refractivity contribution in [2.24, 2.45) is 46.3 Å². The van der Waals surface area contributed by atoms with Gasteiger partial charge >= 0.3 is 12.2 Å². The number of carboxylic acid groups (broad SMARTS) is 1. The summed E-state index contributed by atoms with van der Waals surface area (Å²) in [6.45, 7) is 13.2. The molecular weight excluding hydrogens is 476 g/mol. The first kappa shape index (κ1) is 29.3. The normalized spacial score (nSPS) is 36.9. The van der Waals surface area contributed by atoms with Gasteiger partial charge in [0.1, 0.15) is 6.10 Å². The Labute approximate surface area is 231 Å². The number of hydrogen-bond acceptors (Lipinski definition) is 3. The van der Waals surface area contributed by atoms with Crippen molar-refractivity contribution in [2.75, 3.05) is 13.1 Å². The second-order valence-corrected chi connectivity index (χ2v) is 14.1. The maximum absolute atomic E-state index is 12.3. The quantitative estimate of drug-likeness (QED) is 0.199. The van der Waals surface area contributed by atoms with Crippen LogP contribution >= 0.6 is 0 Å². The Morgan fingerprint density at radius 3 is 2.50 bits per heavy atom. The van der Waals surface area contributed by atoms with Crippen molar-refractivity contribution in [1.29, 1.82) is 0 Å². The first-order valence-corrected chi connectivity index (χ1v) is 15.7. The number of fused-ring (bicyclic) bond motifs is 5. The molecule has 216 valence electrons. The summed E-state index contributed by atoms with van der Waals surface area (Å²) in [5.41, 5.74) is 2.30. The Hall–Kier alpha value is -1.72. The van der Waals surface area contributed by atoms with Crippen molar-refractivity contribution < 1.29 is 19.4 Å². The van der Waals surface area contributed by atoms with E-state index in [9.17, 15) is 9.59 Å². The first-order chi connectivity index (χ1) is 18.0. The molecular formula is C32H54N2O4. The Kier molecular flexibility index (Phi) is 9.40. The van der Waals surface area contributed by atoms with E-state index in [1.807, 2.05) is 0 Å². The average molecular weight is 531 g/mol. The highest BCUT2D eigenvalue weighted by atomic mass is 16.6. The van der Waals surface area contributed by atoms with Gasteiger partial charge in [0, 0.05) is 19.5 Å². The average Bonchev–Trinajstić information content (AvgIpc) is 3.21. The molecule has 3 N–H and O–H groups in total. The molecule has 0 heterocycles. The van der Waals surface area contributed by atoms with E-state index < -0.39 is 6.09 Å². The largest absolute Gasteiger partial charge is 0.465 e. The van der Waals surface area contributed by atoms with Crippen LogP contribution in [0.3, 0.4) is 0 Å². The monoisotopic (exact) mass is 530 g/mol. The second-order valence-electron chi connectivity index (χ2n) is 14.1. The maximum Gasteiger partial charge on any atom is 0.407 e. The minimum absolute atomic E-state index is 0.0561. The van der Waals surface area contributed by atoms with Gasteiger partial charge in [0.25, 0.3) is 0 Å². The predicted octanol–water partition coefficient (Wildman–Crippen LogP) is 7.78. The van der Waals surface area contributed by atoms with Crippen molar-refractivity contribution >= 4 is 12.2 Å². The lowest BCUT2D eigenvalue weighted by Gasteiger charge is -2.58. The zero-order valence-electron chi connectivity index (χ0n) is 24.7.